The molecule has 0 spiro atoms. The van der Waals surface area contributed by atoms with E-state index in [2.05, 4.69) is 0 Å². The highest BCUT2D eigenvalue weighted by atomic mass is 16.5. The third-order valence-corrected chi connectivity index (χ3v) is 2.20. The van der Waals surface area contributed by atoms with Crippen LogP contribution in [0.1, 0.15) is 12.0 Å². The molecule has 4 nitrogen and oxygen atoms in total. The second kappa shape index (κ2) is 7.09. The topological polar surface area (TPSA) is 47.9 Å². The molecule has 0 aliphatic rings. The number of ether oxygens (including phenoxy) is 3. The molecular formula is C12H18O4. The van der Waals surface area contributed by atoms with Gasteiger partial charge in [0.1, 0.15) is 11.5 Å². The molecule has 16 heavy (non-hydrogen) atoms. The summed E-state index contributed by atoms with van der Waals surface area (Å²) in [5.74, 6) is 1.39. The van der Waals surface area contributed by atoms with Gasteiger partial charge in [-0.05, 0) is 12.1 Å². The van der Waals surface area contributed by atoms with E-state index in [0.717, 1.165) is 17.7 Å². The summed E-state index contributed by atoms with van der Waals surface area (Å²) in [5, 5.41) is 9.14. The van der Waals surface area contributed by atoms with E-state index in [-0.39, 0.29) is 6.61 Å². The quantitative estimate of drug-likeness (QED) is 0.717. The molecule has 0 fully saturated rings. The number of rotatable bonds is 7. The predicted octanol–water partition coefficient (Wildman–Crippen LogP) is 1.60. The minimum absolute atomic E-state index is 0.0381. The summed E-state index contributed by atoms with van der Waals surface area (Å²) in [7, 11) is 3.26. The molecule has 4 heteroatoms. The fourth-order valence-electron chi connectivity index (χ4n) is 1.31. The molecule has 1 aromatic carbocycles. The van der Waals surface area contributed by atoms with E-state index in [4.69, 9.17) is 19.3 Å². The number of methoxy groups -OCH3 is 2. The van der Waals surface area contributed by atoms with E-state index in [1.54, 1.807) is 32.4 Å². The molecule has 90 valence electrons. The molecule has 0 aliphatic carbocycles. The van der Waals surface area contributed by atoms with Crippen molar-refractivity contribution in [2.45, 2.75) is 13.0 Å². The maximum absolute atomic E-state index is 9.14. The Morgan fingerprint density at radius 3 is 2.62 bits per heavy atom. The molecule has 0 amide bonds. The van der Waals surface area contributed by atoms with Crippen molar-refractivity contribution in [2.75, 3.05) is 27.4 Å². The number of hydrogen-bond donors (Lipinski definition) is 1. The van der Waals surface area contributed by atoms with Gasteiger partial charge in [-0.3, -0.25) is 0 Å². The third kappa shape index (κ3) is 3.72. The van der Waals surface area contributed by atoms with Crippen LogP contribution in [-0.2, 0) is 11.3 Å². The molecule has 0 saturated heterocycles. The molecule has 0 heterocycles. The fraction of sp³-hybridized carbons (Fsp3) is 0.500. The predicted molar refractivity (Wildman–Crippen MR) is 60.9 cm³/mol. The van der Waals surface area contributed by atoms with Gasteiger partial charge < -0.3 is 19.3 Å². The summed E-state index contributed by atoms with van der Waals surface area (Å²) >= 11 is 0. The fourth-order valence-corrected chi connectivity index (χ4v) is 1.31. The molecular weight excluding hydrogens is 208 g/mol. The Labute approximate surface area is 95.8 Å². The van der Waals surface area contributed by atoms with Crippen LogP contribution >= 0.6 is 0 Å². The molecule has 0 atom stereocenters. The van der Waals surface area contributed by atoms with E-state index >= 15 is 0 Å². The van der Waals surface area contributed by atoms with E-state index < -0.39 is 0 Å². The molecule has 0 bridgehead atoms. The third-order valence-electron chi connectivity index (χ3n) is 2.20. The number of hydrogen-bond acceptors (Lipinski definition) is 4. The average molecular weight is 226 g/mol. The van der Waals surface area contributed by atoms with Crippen molar-refractivity contribution in [3.63, 3.8) is 0 Å². The van der Waals surface area contributed by atoms with Crippen molar-refractivity contribution in [1.82, 2.24) is 0 Å². The maximum atomic E-state index is 9.14. The van der Waals surface area contributed by atoms with Gasteiger partial charge in [-0.2, -0.15) is 0 Å². The number of aliphatic hydroxyl groups is 1. The van der Waals surface area contributed by atoms with Gasteiger partial charge in [0.25, 0.3) is 0 Å². The minimum Gasteiger partial charge on any atom is -0.497 e. The lowest BCUT2D eigenvalue weighted by Crippen LogP contribution is -2.03. The standard InChI is InChI=1S/C12H18O4/c1-14-6-3-7-16-12-8-11(15-2)5-4-10(12)9-13/h4-5,8,13H,3,6-7,9H2,1-2H3. The molecule has 0 radical (unpaired) electrons. The van der Waals surface area contributed by atoms with Crippen LogP contribution in [0.4, 0.5) is 0 Å². The van der Waals surface area contributed by atoms with Gasteiger partial charge in [0.05, 0.1) is 20.3 Å². The second-order valence-electron chi connectivity index (χ2n) is 3.33. The summed E-state index contributed by atoms with van der Waals surface area (Å²) in [6.45, 7) is 1.19. The van der Waals surface area contributed by atoms with Crippen LogP contribution in [0, 0.1) is 0 Å². The van der Waals surface area contributed by atoms with Gasteiger partial charge >= 0.3 is 0 Å². The van der Waals surface area contributed by atoms with Gasteiger partial charge in [0.2, 0.25) is 0 Å². The normalized spacial score (nSPS) is 10.2. The highest BCUT2D eigenvalue weighted by Crippen LogP contribution is 2.24. The summed E-state index contributed by atoms with van der Waals surface area (Å²) in [4.78, 5) is 0. The van der Waals surface area contributed by atoms with Crippen molar-refractivity contribution in [2.24, 2.45) is 0 Å². The molecule has 1 N–H and O–H groups in total. The first-order valence-corrected chi connectivity index (χ1v) is 5.21. The Bertz CT molecular complexity index is 312. The van der Waals surface area contributed by atoms with Crippen LogP contribution < -0.4 is 9.47 Å². The van der Waals surface area contributed by atoms with Crippen LogP contribution in [0.2, 0.25) is 0 Å². The lowest BCUT2D eigenvalue weighted by atomic mass is 10.2. The summed E-state index contributed by atoms with van der Waals surface area (Å²) in [5.41, 5.74) is 0.762. The smallest absolute Gasteiger partial charge is 0.128 e. The lowest BCUT2D eigenvalue weighted by Gasteiger charge is -2.11. The van der Waals surface area contributed by atoms with Gasteiger partial charge in [0, 0.05) is 31.8 Å². The second-order valence-corrected chi connectivity index (χ2v) is 3.33. The van der Waals surface area contributed by atoms with Crippen molar-refractivity contribution in [3.05, 3.63) is 23.8 Å². The zero-order valence-electron chi connectivity index (χ0n) is 9.73. The zero-order valence-corrected chi connectivity index (χ0v) is 9.73. The Balaban J connectivity index is 2.60. The van der Waals surface area contributed by atoms with E-state index in [0.29, 0.717) is 19.0 Å². The van der Waals surface area contributed by atoms with Crippen LogP contribution in [0.25, 0.3) is 0 Å². The molecule has 1 aromatic rings. The van der Waals surface area contributed by atoms with Gasteiger partial charge in [0.15, 0.2) is 0 Å². The van der Waals surface area contributed by atoms with Crippen LogP contribution in [0.3, 0.4) is 0 Å². The van der Waals surface area contributed by atoms with Crippen LogP contribution in [0.5, 0.6) is 11.5 Å². The van der Waals surface area contributed by atoms with Crippen molar-refractivity contribution < 1.29 is 19.3 Å². The first-order chi connectivity index (χ1) is 7.81. The molecule has 0 aliphatic heterocycles. The minimum atomic E-state index is -0.0381. The summed E-state index contributed by atoms with van der Waals surface area (Å²) in [6, 6.07) is 5.37. The molecule has 1 rings (SSSR count). The lowest BCUT2D eigenvalue weighted by molar-refractivity contribution is 0.170. The van der Waals surface area contributed by atoms with Gasteiger partial charge in [-0.15, -0.1) is 0 Å². The van der Waals surface area contributed by atoms with Crippen molar-refractivity contribution in [1.29, 1.82) is 0 Å². The monoisotopic (exact) mass is 226 g/mol. The first kappa shape index (κ1) is 12.8. The van der Waals surface area contributed by atoms with Crippen molar-refractivity contribution in [3.8, 4) is 11.5 Å². The van der Waals surface area contributed by atoms with E-state index in [1.165, 1.54) is 0 Å². The molecule has 0 unspecified atom stereocenters. The van der Waals surface area contributed by atoms with Crippen LogP contribution in [-0.4, -0.2) is 32.5 Å². The maximum Gasteiger partial charge on any atom is 0.128 e. The SMILES string of the molecule is COCCCOc1cc(OC)ccc1CO. The molecule has 0 saturated carbocycles. The number of aliphatic hydroxyl groups excluding tert-OH is 1. The summed E-state index contributed by atoms with van der Waals surface area (Å²) < 4.78 is 15.6. The first-order valence-electron chi connectivity index (χ1n) is 5.21. The van der Waals surface area contributed by atoms with Crippen LogP contribution in [0.15, 0.2) is 18.2 Å². The largest absolute Gasteiger partial charge is 0.497 e. The summed E-state index contributed by atoms with van der Waals surface area (Å²) in [6.07, 6.45) is 0.818. The Morgan fingerprint density at radius 2 is 2.00 bits per heavy atom. The Hall–Kier alpha value is -1.26. The van der Waals surface area contributed by atoms with E-state index in [1.807, 2.05) is 0 Å². The zero-order chi connectivity index (χ0) is 11.8. The van der Waals surface area contributed by atoms with E-state index in [9.17, 15) is 0 Å². The Morgan fingerprint density at radius 1 is 1.19 bits per heavy atom. The number of benzene rings is 1. The highest BCUT2D eigenvalue weighted by Gasteiger charge is 2.04. The highest BCUT2D eigenvalue weighted by molar-refractivity contribution is 5.40. The Kier molecular flexibility index (Phi) is 5.67. The molecule has 0 aromatic heterocycles. The van der Waals surface area contributed by atoms with Gasteiger partial charge in [-0.25, -0.2) is 0 Å². The average Bonchev–Trinajstić information content (AvgIpc) is 2.34. The van der Waals surface area contributed by atoms with Gasteiger partial charge in [-0.1, -0.05) is 0 Å². The van der Waals surface area contributed by atoms with Crippen molar-refractivity contribution >= 4 is 0 Å².